The van der Waals surface area contributed by atoms with Crippen LogP contribution in [0.5, 0.6) is 11.5 Å². The monoisotopic (exact) mass is 570 g/mol. The molecule has 0 atom stereocenters. The highest BCUT2D eigenvalue weighted by atomic mass is 19.1. The van der Waals surface area contributed by atoms with Crippen LogP contribution in [0.15, 0.2) is 115 Å². The number of nitrogens with zero attached hydrogens (tertiary/aromatic N) is 1. The summed E-state index contributed by atoms with van der Waals surface area (Å²) in [4.78, 5) is 25.4. The first-order chi connectivity index (χ1) is 20.9. The van der Waals surface area contributed by atoms with Gasteiger partial charge in [0.05, 0.1) is 22.2 Å². The van der Waals surface area contributed by atoms with Crippen LogP contribution in [0.25, 0.3) is 21.7 Å². The van der Waals surface area contributed by atoms with Gasteiger partial charge in [0.25, 0.3) is 5.91 Å². The van der Waals surface area contributed by atoms with Crippen molar-refractivity contribution in [3.8, 4) is 11.5 Å². The van der Waals surface area contributed by atoms with Crippen molar-refractivity contribution < 1.29 is 23.8 Å². The van der Waals surface area contributed by atoms with Crippen LogP contribution < -0.4 is 10.1 Å². The summed E-state index contributed by atoms with van der Waals surface area (Å²) >= 11 is 0. The smallest absolute Gasteiger partial charge is 0.335 e. The number of carboxylic acids is 1. The number of para-hydroxylation sites is 1. The van der Waals surface area contributed by atoms with Crippen LogP contribution in [0.3, 0.4) is 0 Å². The maximum atomic E-state index is 14.6. The van der Waals surface area contributed by atoms with Crippen molar-refractivity contribution in [3.05, 3.63) is 143 Å². The second-order valence-corrected chi connectivity index (χ2v) is 11.0. The molecule has 0 radical (unpaired) electrons. The van der Waals surface area contributed by atoms with Gasteiger partial charge >= 0.3 is 5.97 Å². The molecule has 1 aromatic heterocycles. The highest BCUT2D eigenvalue weighted by Crippen LogP contribution is 2.46. The van der Waals surface area contributed by atoms with Crippen molar-refractivity contribution in [2.75, 3.05) is 0 Å². The molecule has 0 bridgehead atoms. The molecule has 1 heterocycles. The number of benzene rings is 5. The first-order valence-electron chi connectivity index (χ1n) is 14.1. The number of rotatable bonds is 8. The number of hydrogen-bond acceptors (Lipinski definition) is 3. The van der Waals surface area contributed by atoms with Gasteiger partial charge in [-0.1, -0.05) is 54.6 Å². The Morgan fingerprint density at radius 3 is 2.37 bits per heavy atom. The average molecular weight is 571 g/mol. The minimum atomic E-state index is -0.993. The molecule has 2 N–H and O–H groups in total. The summed E-state index contributed by atoms with van der Waals surface area (Å²) in [7, 11) is 0. The second-order valence-electron chi connectivity index (χ2n) is 11.0. The van der Waals surface area contributed by atoms with E-state index in [4.69, 9.17) is 4.74 Å². The molecule has 1 saturated carbocycles. The Morgan fingerprint density at radius 2 is 1.63 bits per heavy atom. The largest absolute Gasteiger partial charge is 0.478 e. The SMILES string of the molecule is O=C(O)c1ccc(C2(NC(=O)c3cc(Oc4ccccc4)cc4ccn(Cc5ccc6cccc(F)c6c5)c34)CC2)cc1. The number of aromatic carboxylic acids is 1. The third kappa shape index (κ3) is 5.10. The van der Waals surface area contributed by atoms with Crippen molar-refractivity contribution in [3.63, 3.8) is 0 Å². The maximum absolute atomic E-state index is 14.6. The van der Waals surface area contributed by atoms with Crippen LogP contribution in [0.1, 0.15) is 44.7 Å². The Balaban J connectivity index is 1.27. The number of halogens is 1. The molecule has 0 aliphatic heterocycles. The minimum Gasteiger partial charge on any atom is -0.478 e. The number of carbonyl (C=O) groups excluding carboxylic acids is 1. The predicted octanol–water partition coefficient (Wildman–Crippen LogP) is 7.89. The Hall–Kier alpha value is -5.43. The first kappa shape index (κ1) is 26.5. The number of ether oxygens (including phenoxy) is 1. The average Bonchev–Trinajstić information content (AvgIpc) is 3.69. The molecular formula is C36H27FN2O4. The van der Waals surface area contributed by atoms with Gasteiger partial charge in [-0.3, -0.25) is 4.79 Å². The molecule has 0 unspecified atom stereocenters. The van der Waals surface area contributed by atoms with Crippen molar-refractivity contribution in [1.29, 1.82) is 0 Å². The molecule has 5 aromatic carbocycles. The summed E-state index contributed by atoms with van der Waals surface area (Å²) in [6.07, 6.45) is 3.42. The quantitative estimate of drug-likeness (QED) is 0.195. The molecule has 0 spiro atoms. The van der Waals surface area contributed by atoms with Crippen molar-refractivity contribution in [1.82, 2.24) is 9.88 Å². The summed E-state index contributed by atoms with van der Waals surface area (Å²) in [6.45, 7) is 0.439. The van der Waals surface area contributed by atoms with Crippen LogP contribution in [0, 0.1) is 5.82 Å². The van der Waals surface area contributed by atoms with E-state index in [1.165, 1.54) is 6.07 Å². The van der Waals surface area contributed by atoms with E-state index in [1.807, 2.05) is 77.5 Å². The van der Waals surface area contributed by atoms with Crippen LogP contribution in [0.2, 0.25) is 0 Å². The number of carboxylic acid groups (broad SMARTS) is 1. The molecular weight excluding hydrogens is 543 g/mol. The highest BCUT2D eigenvalue weighted by molar-refractivity contribution is 6.07. The molecule has 1 aliphatic carbocycles. The predicted molar refractivity (Wildman–Crippen MR) is 163 cm³/mol. The number of aromatic nitrogens is 1. The lowest BCUT2D eigenvalue weighted by molar-refractivity contribution is 0.0696. The molecule has 6 aromatic rings. The van der Waals surface area contributed by atoms with Crippen LogP contribution in [0.4, 0.5) is 4.39 Å². The summed E-state index contributed by atoms with van der Waals surface area (Å²) in [5.74, 6) is -0.334. The lowest BCUT2D eigenvalue weighted by Gasteiger charge is -2.20. The van der Waals surface area contributed by atoms with Crippen LogP contribution in [-0.2, 0) is 12.1 Å². The molecule has 1 amide bonds. The summed E-state index contributed by atoms with van der Waals surface area (Å²) < 4.78 is 22.7. The van der Waals surface area contributed by atoms with E-state index >= 15 is 0 Å². The van der Waals surface area contributed by atoms with E-state index < -0.39 is 11.5 Å². The van der Waals surface area contributed by atoms with E-state index in [0.717, 1.165) is 40.3 Å². The normalized spacial score (nSPS) is 13.6. The fourth-order valence-corrected chi connectivity index (χ4v) is 5.71. The zero-order chi connectivity index (χ0) is 29.6. The number of fused-ring (bicyclic) bond motifs is 2. The van der Waals surface area contributed by atoms with E-state index in [1.54, 1.807) is 36.4 Å². The number of amides is 1. The molecule has 43 heavy (non-hydrogen) atoms. The van der Waals surface area contributed by atoms with Gasteiger partial charge in [0.1, 0.15) is 17.3 Å². The minimum absolute atomic E-state index is 0.199. The molecule has 1 fully saturated rings. The summed E-state index contributed by atoms with van der Waals surface area (Å²) in [5.41, 5.74) is 2.60. The number of carbonyl (C=O) groups is 2. The van der Waals surface area contributed by atoms with Gasteiger partial charge in [0.15, 0.2) is 0 Å². The third-order valence-corrected chi connectivity index (χ3v) is 8.09. The van der Waals surface area contributed by atoms with Gasteiger partial charge in [-0.25, -0.2) is 9.18 Å². The molecule has 6 nitrogen and oxygen atoms in total. The standard InChI is InChI=1S/C36H27FN2O4/c37-32-8-4-5-24-10-9-23(19-30(24)32)22-39-18-15-26-20-29(43-28-6-2-1-3-7-28)21-31(33(26)39)34(40)38-36(16-17-36)27-13-11-25(12-14-27)35(41)42/h1-15,18-21H,16-17,22H2,(H,38,40)(H,41,42). The van der Waals surface area contributed by atoms with Gasteiger partial charge in [0.2, 0.25) is 0 Å². The Bertz CT molecular complexity index is 2010. The van der Waals surface area contributed by atoms with Gasteiger partial charge < -0.3 is 19.7 Å². The lowest BCUT2D eigenvalue weighted by Crippen LogP contribution is -2.35. The molecule has 7 heteroatoms. The number of nitrogens with one attached hydrogen (secondary N) is 1. The van der Waals surface area contributed by atoms with Crippen molar-refractivity contribution in [2.24, 2.45) is 0 Å². The van der Waals surface area contributed by atoms with E-state index in [0.29, 0.717) is 29.0 Å². The summed E-state index contributed by atoms with van der Waals surface area (Å²) in [6, 6.07) is 32.4. The van der Waals surface area contributed by atoms with E-state index in [2.05, 4.69) is 5.32 Å². The van der Waals surface area contributed by atoms with Crippen LogP contribution in [-0.4, -0.2) is 21.6 Å². The van der Waals surface area contributed by atoms with Gasteiger partial charge in [-0.2, -0.15) is 0 Å². The zero-order valence-corrected chi connectivity index (χ0v) is 23.1. The third-order valence-electron chi connectivity index (χ3n) is 8.09. The van der Waals surface area contributed by atoms with Gasteiger partial charge in [0, 0.05) is 23.5 Å². The Morgan fingerprint density at radius 1 is 0.837 bits per heavy atom. The fourth-order valence-electron chi connectivity index (χ4n) is 5.71. The lowest BCUT2D eigenvalue weighted by atomic mass is 10.0. The molecule has 1 aliphatic rings. The Kier molecular flexibility index (Phi) is 6.43. The zero-order valence-electron chi connectivity index (χ0n) is 23.1. The number of hydrogen-bond donors (Lipinski definition) is 2. The molecule has 7 rings (SSSR count). The summed E-state index contributed by atoms with van der Waals surface area (Å²) in [5, 5.41) is 14.8. The van der Waals surface area contributed by atoms with Gasteiger partial charge in [-0.05, 0) is 84.0 Å². The topological polar surface area (TPSA) is 80.6 Å². The molecule has 212 valence electrons. The second kappa shape index (κ2) is 10.4. The van der Waals surface area contributed by atoms with Crippen molar-refractivity contribution >= 4 is 33.6 Å². The van der Waals surface area contributed by atoms with Crippen molar-refractivity contribution in [2.45, 2.75) is 24.9 Å². The molecule has 0 saturated heterocycles. The van der Waals surface area contributed by atoms with Crippen LogP contribution >= 0.6 is 0 Å². The fraction of sp³-hybridized carbons (Fsp3) is 0.111. The Labute approximate surface area is 247 Å². The van der Waals surface area contributed by atoms with Gasteiger partial charge in [-0.15, -0.1) is 0 Å². The van der Waals surface area contributed by atoms with E-state index in [9.17, 15) is 19.1 Å². The van der Waals surface area contributed by atoms with E-state index in [-0.39, 0.29) is 17.3 Å². The maximum Gasteiger partial charge on any atom is 0.335 e. The highest BCUT2D eigenvalue weighted by Gasteiger charge is 2.46. The first-order valence-corrected chi connectivity index (χ1v) is 14.1.